The van der Waals surface area contributed by atoms with Gasteiger partial charge < -0.3 is 18.6 Å². The first kappa shape index (κ1) is 22.9. The first-order valence-corrected chi connectivity index (χ1v) is 12.0. The first-order valence-electron chi connectivity index (χ1n) is 11.6. The number of rotatable bonds is 7. The number of likely N-dealkylation sites (tertiary alicyclic amines) is 1. The van der Waals surface area contributed by atoms with Crippen molar-refractivity contribution in [2.45, 2.75) is 38.5 Å². The summed E-state index contributed by atoms with van der Waals surface area (Å²) in [4.78, 5) is 14.1. The lowest BCUT2D eigenvalue weighted by atomic mass is 9.91. The fourth-order valence-electron chi connectivity index (χ4n) is 4.72. The molecule has 0 unspecified atom stereocenters. The molecule has 0 aliphatic carbocycles. The van der Waals surface area contributed by atoms with Crippen molar-refractivity contribution in [3.8, 4) is 5.75 Å². The average molecular weight is 485 g/mol. The van der Waals surface area contributed by atoms with Crippen LogP contribution in [0.2, 0.25) is 5.02 Å². The summed E-state index contributed by atoms with van der Waals surface area (Å²) in [6.45, 7) is 5.39. The van der Waals surface area contributed by atoms with Gasteiger partial charge in [-0.2, -0.15) is 0 Å². The highest BCUT2D eigenvalue weighted by Crippen LogP contribution is 2.34. The van der Waals surface area contributed by atoms with E-state index in [1.54, 1.807) is 6.07 Å². The van der Waals surface area contributed by atoms with Crippen LogP contribution in [0.5, 0.6) is 5.75 Å². The minimum atomic E-state index is -0.418. The molecular weight excluding hydrogens is 459 g/mol. The van der Waals surface area contributed by atoms with Crippen molar-refractivity contribution < 1.29 is 18.1 Å². The highest BCUT2D eigenvalue weighted by atomic mass is 35.5. The molecule has 6 nitrogen and oxygen atoms in total. The Kier molecular flexibility index (Phi) is 6.57. The summed E-state index contributed by atoms with van der Waals surface area (Å²) in [5.74, 6) is 0.562. The highest BCUT2D eigenvalue weighted by Gasteiger charge is 2.25. The lowest BCUT2D eigenvalue weighted by Gasteiger charge is -2.31. The number of fused-ring (bicyclic) bond motifs is 2. The third-order valence-corrected chi connectivity index (χ3v) is 6.94. The number of unbranched alkanes of at least 4 members (excludes halogenated alkanes) is 1. The maximum Gasteiger partial charge on any atom is 0.336 e. The second-order valence-electron chi connectivity index (χ2n) is 8.88. The van der Waals surface area contributed by atoms with Crippen molar-refractivity contribution >= 4 is 33.5 Å². The zero-order valence-corrected chi connectivity index (χ0v) is 19.7. The van der Waals surface area contributed by atoms with Crippen molar-refractivity contribution in [2.24, 2.45) is 0 Å². The van der Waals surface area contributed by atoms with E-state index in [1.165, 1.54) is 18.2 Å². The molecule has 4 aromatic rings. The van der Waals surface area contributed by atoms with Crippen LogP contribution < -0.4 is 10.4 Å². The fraction of sp³-hybridized carbons (Fsp3) is 0.385. The van der Waals surface area contributed by atoms with Crippen LogP contribution in [0, 0.1) is 12.7 Å². The van der Waals surface area contributed by atoms with E-state index in [9.17, 15) is 9.18 Å². The zero-order valence-electron chi connectivity index (χ0n) is 19.0. The van der Waals surface area contributed by atoms with Crippen LogP contribution in [-0.2, 0) is 0 Å². The number of nitrogens with zero attached hydrogens (tertiary/aromatic N) is 2. The Hall–Kier alpha value is -2.90. The number of aryl methyl sites for hydroxylation is 1. The quantitative estimate of drug-likeness (QED) is 0.234. The molecule has 0 N–H and O–H groups in total. The Bertz CT molecular complexity index is 1370. The van der Waals surface area contributed by atoms with E-state index in [0.29, 0.717) is 34.5 Å². The molecular formula is C26H26ClFN2O4. The minimum absolute atomic E-state index is 0.307. The summed E-state index contributed by atoms with van der Waals surface area (Å²) in [5, 5.41) is 6.29. The Labute approximate surface area is 201 Å². The van der Waals surface area contributed by atoms with Crippen molar-refractivity contribution in [3.05, 3.63) is 68.9 Å². The van der Waals surface area contributed by atoms with Crippen LogP contribution in [0.25, 0.3) is 21.9 Å². The molecule has 0 bridgehead atoms. The third-order valence-electron chi connectivity index (χ3n) is 6.59. The van der Waals surface area contributed by atoms with Gasteiger partial charge in [-0.3, -0.25) is 0 Å². The van der Waals surface area contributed by atoms with E-state index in [1.807, 2.05) is 19.1 Å². The Morgan fingerprint density at radius 2 is 1.94 bits per heavy atom. The number of hydrogen-bond acceptors (Lipinski definition) is 6. The molecule has 1 fully saturated rings. The number of piperidine rings is 1. The Morgan fingerprint density at radius 1 is 1.15 bits per heavy atom. The molecule has 0 amide bonds. The third kappa shape index (κ3) is 4.68. The van der Waals surface area contributed by atoms with Gasteiger partial charge in [-0.15, -0.1) is 0 Å². The molecule has 1 saturated heterocycles. The molecule has 178 valence electrons. The molecule has 0 radical (unpaired) electrons. The lowest BCUT2D eigenvalue weighted by molar-refractivity contribution is 0.199. The van der Waals surface area contributed by atoms with Crippen molar-refractivity contribution in [1.29, 1.82) is 0 Å². The molecule has 0 saturated carbocycles. The molecule has 34 heavy (non-hydrogen) atoms. The van der Waals surface area contributed by atoms with Gasteiger partial charge in [-0.1, -0.05) is 16.8 Å². The average Bonchev–Trinajstić information content (AvgIpc) is 3.24. The van der Waals surface area contributed by atoms with Gasteiger partial charge in [0.1, 0.15) is 16.6 Å². The summed E-state index contributed by atoms with van der Waals surface area (Å²) in [6.07, 6.45) is 3.92. The van der Waals surface area contributed by atoms with E-state index < -0.39 is 5.63 Å². The van der Waals surface area contributed by atoms with Gasteiger partial charge in [0.15, 0.2) is 11.2 Å². The predicted octanol–water partition coefficient (Wildman–Crippen LogP) is 6.07. The topological polar surface area (TPSA) is 68.7 Å². The fourth-order valence-corrected chi connectivity index (χ4v) is 4.98. The van der Waals surface area contributed by atoms with Gasteiger partial charge in [0.25, 0.3) is 0 Å². The molecule has 8 heteroatoms. The first-order chi connectivity index (χ1) is 16.5. The standard InChI is InChI=1S/C26H26ClFN2O4/c1-16-14-23(31)33-26-19(16)6-7-21(24(26)27)32-13-3-2-10-30-11-8-17(9-12-30)25-20-5-4-18(28)15-22(20)34-29-25/h4-7,14-15,17H,2-3,8-13H2,1H3. The van der Waals surface area contributed by atoms with Gasteiger partial charge in [0, 0.05) is 28.8 Å². The van der Waals surface area contributed by atoms with Gasteiger partial charge >= 0.3 is 5.63 Å². The summed E-state index contributed by atoms with van der Waals surface area (Å²) in [6, 6.07) is 9.77. The summed E-state index contributed by atoms with van der Waals surface area (Å²) >= 11 is 6.42. The van der Waals surface area contributed by atoms with Crippen LogP contribution in [0.15, 0.2) is 50.1 Å². The summed E-state index contributed by atoms with van der Waals surface area (Å²) < 4.78 is 29.9. The normalized spacial score (nSPS) is 15.4. The van der Waals surface area contributed by atoms with E-state index in [0.717, 1.165) is 67.3 Å². The van der Waals surface area contributed by atoms with Crippen molar-refractivity contribution in [2.75, 3.05) is 26.2 Å². The van der Waals surface area contributed by atoms with Gasteiger partial charge in [-0.05, 0) is 82.1 Å². The van der Waals surface area contributed by atoms with Crippen LogP contribution in [0.3, 0.4) is 0 Å². The second-order valence-corrected chi connectivity index (χ2v) is 9.26. The zero-order chi connectivity index (χ0) is 23.7. The van der Waals surface area contributed by atoms with E-state index in [4.69, 9.17) is 25.3 Å². The molecule has 1 aliphatic rings. The molecule has 0 atom stereocenters. The van der Waals surface area contributed by atoms with Crippen LogP contribution >= 0.6 is 11.6 Å². The monoisotopic (exact) mass is 484 g/mol. The number of benzene rings is 2. The summed E-state index contributed by atoms with van der Waals surface area (Å²) in [7, 11) is 0. The Morgan fingerprint density at radius 3 is 2.76 bits per heavy atom. The Balaban J connectivity index is 1.08. The smallest absolute Gasteiger partial charge is 0.336 e. The van der Waals surface area contributed by atoms with Crippen molar-refractivity contribution in [1.82, 2.24) is 10.1 Å². The van der Waals surface area contributed by atoms with Gasteiger partial charge in [0.2, 0.25) is 0 Å². The molecule has 1 aliphatic heterocycles. The molecule has 2 aromatic carbocycles. The number of aromatic nitrogens is 1. The molecule has 0 spiro atoms. The second kappa shape index (κ2) is 9.76. The van der Waals surface area contributed by atoms with Gasteiger partial charge in [0.05, 0.1) is 12.3 Å². The maximum atomic E-state index is 13.4. The van der Waals surface area contributed by atoms with Crippen LogP contribution in [0.1, 0.15) is 42.9 Å². The highest BCUT2D eigenvalue weighted by molar-refractivity contribution is 6.36. The molecule has 3 heterocycles. The predicted molar refractivity (Wildman–Crippen MR) is 129 cm³/mol. The molecule has 2 aromatic heterocycles. The number of hydrogen-bond donors (Lipinski definition) is 0. The lowest BCUT2D eigenvalue weighted by Crippen LogP contribution is -2.34. The minimum Gasteiger partial charge on any atom is -0.492 e. The largest absolute Gasteiger partial charge is 0.492 e. The maximum absolute atomic E-state index is 13.4. The van der Waals surface area contributed by atoms with E-state index in [-0.39, 0.29) is 5.82 Å². The molecule has 5 rings (SSSR count). The SMILES string of the molecule is Cc1cc(=O)oc2c(Cl)c(OCCCCN3CCC(c4noc5cc(F)ccc45)CC3)ccc12. The van der Waals surface area contributed by atoms with E-state index in [2.05, 4.69) is 10.1 Å². The summed E-state index contributed by atoms with van der Waals surface area (Å²) in [5.41, 5.74) is 2.24. The van der Waals surface area contributed by atoms with Crippen LogP contribution in [0.4, 0.5) is 4.39 Å². The van der Waals surface area contributed by atoms with E-state index >= 15 is 0 Å². The van der Waals surface area contributed by atoms with Gasteiger partial charge in [-0.25, -0.2) is 9.18 Å². The number of halogens is 2. The van der Waals surface area contributed by atoms with Crippen molar-refractivity contribution in [3.63, 3.8) is 0 Å². The number of ether oxygens (including phenoxy) is 1. The van der Waals surface area contributed by atoms with Crippen LogP contribution in [-0.4, -0.2) is 36.3 Å².